The average molecular weight is 279 g/mol. The molecule has 0 aliphatic heterocycles. The normalized spacial score (nSPS) is 10.6. The maximum atomic E-state index is 5.78. The number of rotatable bonds is 4. The standard InChI is InChI=1S/C18H17NO2/c1-13-8-14(2)10-17(9-13)20-12-16-11-18(21-19-16)15-6-4-3-5-7-15/h3-11H,12H2,1-2H3. The van der Waals surface area contributed by atoms with Crippen molar-refractivity contribution in [3.05, 3.63) is 71.4 Å². The van der Waals surface area contributed by atoms with Crippen LogP contribution in [0.4, 0.5) is 0 Å². The first kappa shape index (κ1) is 13.4. The zero-order chi connectivity index (χ0) is 14.7. The number of hydrogen-bond donors (Lipinski definition) is 0. The summed E-state index contributed by atoms with van der Waals surface area (Å²) in [6.45, 7) is 4.52. The van der Waals surface area contributed by atoms with Crippen LogP contribution in [0, 0.1) is 13.8 Å². The lowest BCUT2D eigenvalue weighted by Crippen LogP contribution is -1.96. The molecule has 0 fully saturated rings. The molecule has 0 bridgehead atoms. The summed E-state index contributed by atoms with van der Waals surface area (Å²) in [6, 6.07) is 18.0. The van der Waals surface area contributed by atoms with Gasteiger partial charge in [-0.1, -0.05) is 41.6 Å². The van der Waals surface area contributed by atoms with Gasteiger partial charge >= 0.3 is 0 Å². The van der Waals surface area contributed by atoms with Crippen LogP contribution in [0.2, 0.25) is 0 Å². The highest BCUT2D eigenvalue weighted by molar-refractivity contribution is 5.56. The lowest BCUT2D eigenvalue weighted by Gasteiger charge is -2.06. The minimum absolute atomic E-state index is 0.402. The number of ether oxygens (including phenoxy) is 1. The van der Waals surface area contributed by atoms with Crippen molar-refractivity contribution < 1.29 is 9.26 Å². The second kappa shape index (κ2) is 5.83. The van der Waals surface area contributed by atoms with E-state index in [1.807, 2.05) is 48.5 Å². The van der Waals surface area contributed by atoms with Crippen molar-refractivity contribution in [2.45, 2.75) is 20.5 Å². The van der Waals surface area contributed by atoms with E-state index in [-0.39, 0.29) is 0 Å². The van der Waals surface area contributed by atoms with E-state index in [4.69, 9.17) is 9.26 Å². The molecule has 0 N–H and O–H groups in total. The fourth-order valence-corrected chi connectivity index (χ4v) is 2.29. The summed E-state index contributed by atoms with van der Waals surface area (Å²) in [4.78, 5) is 0. The summed E-state index contributed by atoms with van der Waals surface area (Å²) in [5.41, 5.74) is 4.18. The Morgan fingerprint density at radius 3 is 2.38 bits per heavy atom. The van der Waals surface area contributed by atoms with E-state index in [1.54, 1.807) is 0 Å². The molecular formula is C18H17NO2. The molecule has 1 aromatic heterocycles. The number of aryl methyl sites for hydroxylation is 2. The van der Waals surface area contributed by atoms with E-state index in [0.29, 0.717) is 6.61 Å². The highest BCUT2D eigenvalue weighted by Gasteiger charge is 2.07. The Balaban J connectivity index is 1.70. The van der Waals surface area contributed by atoms with Gasteiger partial charge in [0.25, 0.3) is 0 Å². The van der Waals surface area contributed by atoms with Crippen molar-refractivity contribution in [3.8, 4) is 17.1 Å². The van der Waals surface area contributed by atoms with Crippen LogP contribution in [0.25, 0.3) is 11.3 Å². The Bertz CT molecular complexity index is 712. The molecule has 0 aliphatic carbocycles. The van der Waals surface area contributed by atoms with E-state index in [1.165, 1.54) is 11.1 Å². The van der Waals surface area contributed by atoms with Crippen molar-refractivity contribution >= 4 is 0 Å². The second-order valence-corrected chi connectivity index (χ2v) is 5.16. The minimum Gasteiger partial charge on any atom is -0.487 e. The van der Waals surface area contributed by atoms with Gasteiger partial charge in [-0.25, -0.2) is 0 Å². The zero-order valence-corrected chi connectivity index (χ0v) is 12.2. The van der Waals surface area contributed by atoms with E-state index in [9.17, 15) is 0 Å². The van der Waals surface area contributed by atoms with Crippen molar-refractivity contribution in [2.24, 2.45) is 0 Å². The predicted molar refractivity (Wildman–Crippen MR) is 82.2 cm³/mol. The molecule has 0 saturated carbocycles. The van der Waals surface area contributed by atoms with Crippen LogP contribution in [0.15, 0.2) is 59.1 Å². The third-order valence-electron chi connectivity index (χ3n) is 3.20. The van der Waals surface area contributed by atoms with Crippen LogP contribution < -0.4 is 4.74 Å². The third-order valence-corrected chi connectivity index (χ3v) is 3.20. The Labute approximate surface area is 124 Å². The summed E-state index contributed by atoms with van der Waals surface area (Å²) in [7, 11) is 0. The van der Waals surface area contributed by atoms with Gasteiger partial charge in [0.15, 0.2) is 5.76 Å². The average Bonchev–Trinajstić information content (AvgIpc) is 2.94. The highest BCUT2D eigenvalue weighted by Crippen LogP contribution is 2.21. The molecule has 21 heavy (non-hydrogen) atoms. The molecule has 3 aromatic rings. The van der Waals surface area contributed by atoms with Crippen molar-refractivity contribution in [3.63, 3.8) is 0 Å². The minimum atomic E-state index is 0.402. The zero-order valence-electron chi connectivity index (χ0n) is 12.2. The molecule has 0 aliphatic rings. The van der Waals surface area contributed by atoms with E-state index < -0.39 is 0 Å². The van der Waals surface area contributed by atoms with Gasteiger partial charge in [0.05, 0.1) is 0 Å². The van der Waals surface area contributed by atoms with Gasteiger partial charge in [0, 0.05) is 11.6 Å². The van der Waals surface area contributed by atoms with Gasteiger partial charge in [-0.15, -0.1) is 0 Å². The highest BCUT2D eigenvalue weighted by atomic mass is 16.5. The molecule has 0 atom stereocenters. The lowest BCUT2D eigenvalue weighted by atomic mass is 10.1. The third kappa shape index (κ3) is 3.31. The number of aromatic nitrogens is 1. The fraction of sp³-hybridized carbons (Fsp3) is 0.167. The van der Waals surface area contributed by atoms with Gasteiger partial charge in [-0.05, 0) is 37.1 Å². The van der Waals surface area contributed by atoms with Crippen LogP contribution in [0.1, 0.15) is 16.8 Å². The quantitative estimate of drug-likeness (QED) is 0.703. The summed E-state index contributed by atoms with van der Waals surface area (Å²) in [5, 5.41) is 4.05. The summed E-state index contributed by atoms with van der Waals surface area (Å²) >= 11 is 0. The maximum absolute atomic E-state index is 5.78. The molecule has 3 rings (SSSR count). The molecule has 0 amide bonds. The van der Waals surface area contributed by atoms with Gasteiger partial charge in [0.2, 0.25) is 0 Å². The SMILES string of the molecule is Cc1cc(C)cc(OCc2cc(-c3ccccc3)on2)c1. The van der Waals surface area contributed by atoms with Crippen LogP contribution in [-0.4, -0.2) is 5.16 Å². The first-order chi connectivity index (χ1) is 10.2. The molecule has 0 saturated heterocycles. The maximum Gasteiger partial charge on any atom is 0.167 e. The number of hydrogen-bond acceptors (Lipinski definition) is 3. The topological polar surface area (TPSA) is 35.3 Å². The largest absolute Gasteiger partial charge is 0.487 e. The molecule has 0 spiro atoms. The van der Waals surface area contributed by atoms with E-state index >= 15 is 0 Å². The lowest BCUT2D eigenvalue weighted by molar-refractivity contribution is 0.289. The molecule has 2 aromatic carbocycles. The summed E-state index contributed by atoms with van der Waals surface area (Å²) in [6.07, 6.45) is 0. The van der Waals surface area contributed by atoms with Crippen molar-refractivity contribution in [1.29, 1.82) is 0 Å². The van der Waals surface area contributed by atoms with E-state index in [0.717, 1.165) is 22.8 Å². The van der Waals surface area contributed by atoms with Gasteiger partial charge in [0.1, 0.15) is 18.1 Å². The summed E-state index contributed by atoms with van der Waals surface area (Å²) in [5.74, 6) is 1.62. The Kier molecular flexibility index (Phi) is 3.73. The molecule has 3 nitrogen and oxygen atoms in total. The van der Waals surface area contributed by atoms with E-state index in [2.05, 4.69) is 25.1 Å². The van der Waals surface area contributed by atoms with Gasteiger partial charge in [-0.3, -0.25) is 0 Å². The first-order valence-corrected chi connectivity index (χ1v) is 6.93. The molecular weight excluding hydrogens is 262 g/mol. The molecule has 0 radical (unpaired) electrons. The number of nitrogens with zero attached hydrogens (tertiary/aromatic N) is 1. The Morgan fingerprint density at radius 2 is 1.67 bits per heavy atom. The van der Waals surface area contributed by atoms with Gasteiger partial charge < -0.3 is 9.26 Å². The molecule has 3 heteroatoms. The predicted octanol–water partition coefficient (Wildman–Crippen LogP) is 4.54. The van der Waals surface area contributed by atoms with Crippen LogP contribution in [0.5, 0.6) is 5.75 Å². The second-order valence-electron chi connectivity index (χ2n) is 5.16. The van der Waals surface area contributed by atoms with Crippen molar-refractivity contribution in [1.82, 2.24) is 5.16 Å². The smallest absolute Gasteiger partial charge is 0.167 e. The van der Waals surface area contributed by atoms with Gasteiger partial charge in [-0.2, -0.15) is 0 Å². The fourth-order valence-electron chi connectivity index (χ4n) is 2.29. The summed E-state index contributed by atoms with van der Waals surface area (Å²) < 4.78 is 11.1. The van der Waals surface area contributed by atoms with Crippen molar-refractivity contribution in [2.75, 3.05) is 0 Å². The molecule has 0 unspecified atom stereocenters. The number of benzene rings is 2. The van der Waals surface area contributed by atoms with Crippen LogP contribution in [0.3, 0.4) is 0 Å². The van der Waals surface area contributed by atoms with Crippen LogP contribution in [-0.2, 0) is 6.61 Å². The first-order valence-electron chi connectivity index (χ1n) is 6.93. The Morgan fingerprint density at radius 1 is 0.952 bits per heavy atom. The molecule has 1 heterocycles. The Hall–Kier alpha value is -2.55. The molecule has 106 valence electrons. The monoisotopic (exact) mass is 279 g/mol. The van der Waals surface area contributed by atoms with Crippen LogP contribution >= 0.6 is 0 Å².